The number of thiazole rings is 1. The highest BCUT2D eigenvalue weighted by atomic mass is 32.1. The Bertz CT molecular complexity index is 1450. The van der Waals surface area contributed by atoms with Crippen LogP contribution in [0.3, 0.4) is 0 Å². The minimum absolute atomic E-state index is 0.0175. The summed E-state index contributed by atoms with van der Waals surface area (Å²) in [5, 5.41) is 6.10. The second kappa shape index (κ2) is 9.34. The molecule has 0 bridgehead atoms. The van der Waals surface area contributed by atoms with Gasteiger partial charge >= 0.3 is 5.69 Å². The number of imidazole rings is 1. The SMILES string of the molecule is Cn1c(=O)n(-c2nc(Cc3cnccc3N3CCNCC3)cs2)c2cccc(OCC3(C)COC3)c21. The minimum Gasteiger partial charge on any atom is -0.491 e. The van der Waals surface area contributed by atoms with Gasteiger partial charge in [0.25, 0.3) is 0 Å². The number of benzene rings is 1. The molecule has 2 saturated heterocycles. The van der Waals surface area contributed by atoms with E-state index in [9.17, 15) is 4.79 Å². The van der Waals surface area contributed by atoms with Crippen LogP contribution in [0, 0.1) is 5.41 Å². The molecule has 0 unspecified atom stereocenters. The van der Waals surface area contributed by atoms with Crippen molar-refractivity contribution in [2.45, 2.75) is 13.3 Å². The molecule has 0 amide bonds. The van der Waals surface area contributed by atoms with Gasteiger partial charge in [-0.2, -0.15) is 0 Å². The van der Waals surface area contributed by atoms with Gasteiger partial charge in [0.2, 0.25) is 0 Å². The molecule has 188 valence electrons. The maximum Gasteiger partial charge on any atom is 0.335 e. The fraction of sp³-hybridized carbons (Fsp3) is 0.423. The quantitative estimate of drug-likeness (QED) is 0.412. The Morgan fingerprint density at radius 3 is 2.83 bits per heavy atom. The van der Waals surface area contributed by atoms with E-state index in [1.54, 1.807) is 16.2 Å². The number of rotatable bonds is 7. The number of fused-ring (bicyclic) bond motifs is 1. The summed E-state index contributed by atoms with van der Waals surface area (Å²) in [6.07, 6.45) is 4.44. The molecule has 2 aliphatic rings. The number of nitrogens with zero attached hydrogens (tertiary/aromatic N) is 5. The van der Waals surface area contributed by atoms with Crippen molar-refractivity contribution in [3.63, 3.8) is 0 Å². The third-order valence-corrected chi connectivity index (χ3v) is 7.82. The van der Waals surface area contributed by atoms with Crippen LogP contribution < -0.4 is 20.6 Å². The summed E-state index contributed by atoms with van der Waals surface area (Å²) >= 11 is 1.48. The normalized spacial score (nSPS) is 17.3. The number of piperazine rings is 1. The van der Waals surface area contributed by atoms with Gasteiger partial charge in [0.1, 0.15) is 11.3 Å². The summed E-state index contributed by atoms with van der Waals surface area (Å²) in [5.41, 5.74) is 4.72. The summed E-state index contributed by atoms with van der Waals surface area (Å²) in [4.78, 5) is 25.0. The Balaban J connectivity index is 1.30. The molecule has 0 atom stereocenters. The smallest absolute Gasteiger partial charge is 0.335 e. The van der Waals surface area contributed by atoms with Crippen LogP contribution in [0.1, 0.15) is 18.2 Å². The zero-order valence-electron chi connectivity index (χ0n) is 20.6. The molecule has 0 radical (unpaired) electrons. The summed E-state index contributed by atoms with van der Waals surface area (Å²) in [7, 11) is 1.78. The molecule has 0 saturated carbocycles. The van der Waals surface area contributed by atoms with Gasteiger partial charge in [-0.05, 0) is 23.8 Å². The number of ether oxygens (including phenoxy) is 2. The van der Waals surface area contributed by atoms with Gasteiger partial charge in [-0.25, -0.2) is 14.3 Å². The van der Waals surface area contributed by atoms with Crippen LogP contribution in [0.25, 0.3) is 16.2 Å². The lowest BCUT2D eigenvalue weighted by Crippen LogP contribution is -2.44. The first-order valence-corrected chi connectivity index (χ1v) is 13.1. The molecule has 9 nitrogen and oxygen atoms in total. The summed E-state index contributed by atoms with van der Waals surface area (Å²) in [6, 6.07) is 7.88. The molecule has 2 aliphatic heterocycles. The number of pyridine rings is 1. The van der Waals surface area contributed by atoms with E-state index >= 15 is 0 Å². The molecule has 4 aromatic rings. The van der Waals surface area contributed by atoms with E-state index in [4.69, 9.17) is 14.5 Å². The lowest BCUT2D eigenvalue weighted by Gasteiger charge is -2.37. The topological polar surface area (TPSA) is 86.4 Å². The molecule has 1 N–H and O–H groups in total. The van der Waals surface area contributed by atoms with Gasteiger partial charge in [0, 0.05) is 68.5 Å². The molecule has 1 aromatic carbocycles. The molecular formula is C26H30N6O3S. The average molecular weight is 507 g/mol. The number of aryl methyl sites for hydroxylation is 1. The predicted molar refractivity (Wildman–Crippen MR) is 141 cm³/mol. The number of anilines is 1. The monoisotopic (exact) mass is 506 g/mol. The van der Waals surface area contributed by atoms with Gasteiger partial charge in [-0.15, -0.1) is 11.3 Å². The van der Waals surface area contributed by atoms with Crippen LogP contribution in [0.15, 0.2) is 46.8 Å². The van der Waals surface area contributed by atoms with E-state index < -0.39 is 0 Å². The molecule has 10 heteroatoms. The van der Waals surface area contributed by atoms with Gasteiger partial charge in [-0.3, -0.25) is 9.55 Å². The van der Waals surface area contributed by atoms with Gasteiger partial charge in [0.15, 0.2) is 5.13 Å². The van der Waals surface area contributed by atoms with Crippen LogP contribution in [0.2, 0.25) is 0 Å². The Hall–Kier alpha value is -3.21. The molecule has 0 spiro atoms. The van der Waals surface area contributed by atoms with E-state index in [1.807, 2.05) is 36.0 Å². The number of para-hydroxylation sites is 1. The number of nitrogens with one attached hydrogen (secondary N) is 1. The molecule has 6 rings (SSSR count). The largest absolute Gasteiger partial charge is 0.491 e. The zero-order chi connectivity index (χ0) is 24.7. The first-order chi connectivity index (χ1) is 17.5. The lowest BCUT2D eigenvalue weighted by atomic mass is 9.90. The second-order valence-corrected chi connectivity index (χ2v) is 10.8. The maximum absolute atomic E-state index is 13.3. The van der Waals surface area contributed by atoms with Crippen molar-refractivity contribution >= 4 is 28.1 Å². The summed E-state index contributed by atoms with van der Waals surface area (Å²) in [6.45, 7) is 7.98. The standard InChI is InChI=1S/C26H30N6O3S/c1-26(15-34-16-26)17-35-22-5-3-4-21-23(22)30(2)25(33)32(21)24-29-19(14-36-24)12-18-13-28-7-6-20(18)31-10-8-27-9-11-31/h3-7,13-14,27H,8-12,15-17H2,1-2H3. The van der Waals surface area contributed by atoms with E-state index in [2.05, 4.69) is 28.2 Å². The highest BCUT2D eigenvalue weighted by molar-refractivity contribution is 7.12. The third-order valence-electron chi connectivity index (χ3n) is 6.95. The van der Waals surface area contributed by atoms with Crippen LogP contribution in [0.4, 0.5) is 5.69 Å². The Morgan fingerprint density at radius 2 is 2.06 bits per heavy atom. The number of hydrogen-bond acceptors (Lipinski definition) is 8. The van der Waals surface area contributed by atoms with Crippen molar-refractivity contribution in [2.75, 3.05) is 50.9 Å². The van der Waals surface area contributed by atoms with Crippen molar-refractivity contribution in [1.29, 1.82) is 0 Å². The molecule has 2 fully saturated rings. The van der Waals surface area contributed by atoms with Crippen molar-refractivity contribution in [2.24, 2.45) is 12.5 Å². The van der Waals surface area contributed by atoms with Crippen molar-refractivity contribution in [1.82, 2.24) is 24.4 Å². The maximum atomic E-state index is 13.3. The van der Waals surface area contributed by atoms with Crippen molar-refractivity contribution in [3.8, 4) is 10.9 Å². The van der Waals surface area contributed by atoms with Crippen LogP contribution >= 0.6 is 11.3 Å². The molecule has 5 heterocycles. The fourth-order valence-corrected chi connectivity index (χ4v) is 5.74. The van der Waals surface area contributed by atoms with Crippen molar-refractivity contribution < 1.29 is 9.47 Å². The van der Waals surface area contributed by atoms with E-state index in [0.717, 1.165) is 48.5 Å². The molecule has 36 heavy (non-hydrogen) atoms. The first-order valence-electron chi connectivity index (χ1n) is 12.3. The minimum atomic E-state index is -0.136. The summed E-state index contributed by atoms with van der Waals surface area (Å²) < 4.78 is 14.9. The third kappa shape index (κ3) is 4.19. The van der Waals surface area contributed by atoms with Gasteiger partial charge < -0.3 is 19.7 Å². The first kappa shape index (κ1) is 23.2. The summed E-state index contributed by atoms with van der Waals surface area (Å²) in [5.74, 6) is 0.701. The predicted octanol–water partition coefficient (Wildman–Crippen LogP) is 2.60. The van der Waals surface area contributed by atoms with Gasteiger partial charge in [-0.1, -0.05) is 13.0 Å². The Labute approximate surface area is 213 Å². The average Bonchev–Trinajstić information content (AvgIpc) is 3.44. The van der Waals surface area contributed by atoms with Crippen LogP contribution in [-0.4, -0.2) is 65.1 Å². The van der Waals surface area contributed by atoms with E-state index in [-0.39, 0.29) is 11.1 Å². The highest BCUT2D eigenvalue weighted by Crippen LogP contribution is 2.32. The number of hydrogen-bond donors (Lipinski definition) is 1. The molecule has 3 aromatic heterocycles. The zero-order valence-corrected chi connectivity index (χ0v) is 21.4. The lowest BCUT2D eigenvalue weighted by molar-refractivity contribution is -0.120. The second-order valence-electron chi connectivity index (χ2n) is 9.93. The Morgan fingerprint density at radius 1 is 1.22 bits per heavy atom. The fourth-order valence-electron chi connectivity index (χ4n) is 4.91. The van der Waals surface area contributed by atoms with Gasteiger partial charge in [0.05, 0.1) is 31.0 Å². The highest BCUT2D eigenvalue weighted by Gasteiger charge is 2.34. The van der Waals surface area contributed by atoms with E-state index in [1.165, 1.54) is 17.0 Å². The molecule has 0 aliphatic carbocycles. The number of aromatic nitrogens is 4. The molecular weight excluding hydrogens is 476 g/mol. The van der Waals surface area contributed by atoms with Crippen LogP contribution in [-0.2, 0) is 18.2 Å². The Kier molecular flexibility index (Phi) is 6.02. The van der Waals surface area contributed by atoms with E-state index in [0.29, 0.717) is 37.1 Å². The van der Waals surface area contributed by atoms with Crippen LogP contribution in [0.5, 0.6) is 5.75 Å². The van der Waals surface area contributed by atoms with Crippen molar-refractivity contribution in [3.05, 3.63) is 63.8 Å².